The summed E-state index contributed by atoms with van der Waals surface area (Å²) in [6.07, 6.45) is 7.61. The van der Waals surface area contributed by atoms with Crippen LogP contribution in [0.4, 0.5) is 0 Å². The van der Waals surface area contributed by atoms with Crippen molar-refractivity contribution in [1.82, 2.24) is 23.8 Å². The molecule has 1 aromatic carbocycles. The van der Waals surface area contributed by atoms with E-state index in [0.29, 0.717) is 47.1 Å². The van der Waals surface area contributed by atoms with Crippen LogP contribution in [0.3, 0.4) is 0 Å². The van der Waals surface area contributed by atoms with E-state index in [1.54, 1.807) is 54.3 Å². The van der Waals surface area contributed by atoms with Gasteiger partial charge in [-0.3, -0.25) is 14.0 Å². The minimum atomic E-state index is -0.768. The summed E-state index contributed by atoms with van der Waals surface area (Å²) in [7, 11) is 0. The van der Waals surface area contributed by atoms with E-state index in [1.807, 2.05) is 29.0 Å². The summed E-state index contributed by atoms with van der Waals surface area (Å²) in [4.78, 5) is 36.5. The van der Waals surface area contributed by atoms with Crippen LogP contribution < -0.4 is 0 Å². The van der Waals surface area contributed by atoms with Crippen LogP contribution in [0.25, 0.3) is 11.4 Å². The van der Waals surface area contributed by atoms with Crippen molar-refractivity contribution in [2.75, 3.05) is 6.54 Å². The predicted molar refractivity (Wildman–Crippen MR) is 127 cm³/mol. The molecule has 3 aromatic heterocycles. The topological polar surface area (TPSA) is 92.7 Å². The fourth-order valence-corrected chi connectivity index (χ4v) is 4.70. The van der Waals surface area contributed by atoms with Crippen molar-refractivity contribution in [3.63, 3.8) is 0 Å². The number of fused-ring (bicyclic) bond motifs is 1. The van der Waals surface area contributed by atoms with Gasteiger partial charge >= 0.3 is 0 Å². The summed E-state index contributed by atoms with van der Waals surface area (Å²) < 4.78 is 3.62. The Bertz CT molecular complexity index is 1420. The number of likely N-dealkylation sites (tertiary alicyclic amines) is 1. The molecule has 4 heterocycles. The number of carbonyl (C=O) groups excluding carboxylic acids is 2. The van der Waals surface area contributed by atoms with Gasteiger partial charge in [0, 0.05) is 36.7 Å². The largest absolute Gasteiger partial charge is 0.505 e. The van der Waals surface area contributed by atoms with Gasteiger partial charge in [0.25, 0.3) is 11.7 Å². The number of aromatic nitrogens is 4. The van der Waals surface area contributed by atoms with Crippen molar-refractivity contribution in [2.45, 2.75) is 25.9 Å². The number of halogens is 1. The highest BCUT2D eigenvalue weighted by Gasteiger charge is 2.46. The molecule has 9 heteroatoms. The molecule has 8 nitrogen and oxygen atoms in total. The normalized spacial score (nSPS) is 17.7. The monoisotopic (exact) mass is 475 g/mol. The van der Waals surface area contributed by atoms with Gasteiger partial charge in [-0.2, -0.15) is 0 Å². The van der Waals surface area contributed by atoms with Crippen LogP contribution >= 0.6 is 11.6 Å². The molecule has 34 heavy (non-hydrogen) atoms. The molecule has 0 bridgehead atoms. The molecule has 1 N–H and O–H groups in total. The number of carbonyl (C=O) groups is 2. The van der Waals surface area contributed by atoms with Gasteiger partial charge in [0.15, 0.2) is 5.76 Å². The third-order valence-electron chi connectivity index (χ3n) is 6.01. The molecule has 0 saturated carbocycles. The number of Topliss-reactive ketones (excluding diaryl/α,β-unsaturated/α-hetero) is 1. The number of amides is 1. The highest BCUT2D eigenvalue weighted by Crippen LogP contribution is 2.40. The summed E-state index contributed by atoms with van der Waals surface area (Å²) in [5.41, 5.74) is 2.26. The maximum Gasteiger partial charge on any atom is 0.295 e. The smallest absolute Gasteiger partial charge is 0.295 e. The second kappa shape index (κ2) is 8.79. The zero-order chi connectivity index (χ0) is 23.8. The molecule has 1 amide bonds. The Labute approximate surface area is 200 Å². The quantitative estimate of drug-likeness (QED) is 0.258. The number of aliphatic hydroxyl groups excluding tert-OH is 1. The van der Waals surface area contributed by atoms with E-state index in [4.69, 9.17) is 11.6 Å². The van der Waals surface area contributed by atoms with Crippen molar-refractivity contribution in [2.24, 2.45) is 0 Å². The average Bonchev–Trinajstić information content (AvgIpc) is 3.51. The van der Waals surface area contributed by atoms with E-state index in [9.17, 15) is 14.7 Å². The zero-order valence-electron chi connectivity index (χ0n) is 18.4. The van der Waals surface area contributed by atoms with Crippen molar-refractivity contribution >= 4 is 34.7 Å². The van der Waals surface area contributed by atoms with Crippen LogP contribution in [-0.2, 0) is 16.1 Å². The lowest BCUT2D eigenvalue weighted by Crippen LogP contribution is -2.31. The van der Waals surface area contributed by atoms with Crippen molar-refractivity contribution in [1.29, 1.82) is 0 Å². The standard InChI is InChI=1S/C25H22ClN5O3/c1-16-21(30-11-3-2-8-19(30)28-16)23(32)20-22(17-6-4-7-18(26)14-17)31(25(34)24(20)33)12-5-10-29-13-9-27-15-29/h2-4,6-9,11,13-15,22,32H,5,10,12H2,1H3/b23-20+/t22-/m1/s1. The molecule has 4 aromatic rings. The molecule has 0 unspecified atom stereocenters. The number of hydrogen-bond acceptors (Lipinski definition) is 5. The molecular formula is C25H22ClN5O3. The Hall–Kier alpha value is -3.91. The molecule has 172 valence electrons. The molecular weight excluding hydrogens is 454 g/mol. The summed E-state index contributed by atoms with van der Waals surface area (Å²) in [5, 5.41) is 11.9. The molecule has 0 spiro atoms. The van der Waals surface area contributed by atoms with Crippen molar-refractivity contribution in [3.8, 4) is 0 Å². The van der Waals surface area contributed by atoms with Gasteiger partial charge < -0.3 is 14.6 Å². The minimum Gasteiger partial charge on any atom is -0.505 e. The SMILES string of the molecule is Cc1nc2ccccn2c1/C(O)=C1\C(=O)C(=O)N(CCCn2ccnc2)[C@@H]1c1cccc(Cl)c1. The molecule has 1 fully saturated rings. The van der Waals surface area contributed by atoms with Gasteiger partial charge in [-0.1, -0.05) is 29.8 Å². The molecule has 1 aliphatic rings. The van der Waals surface area contributed by atoms with Gasteiger partial charge in [0.05, 0.1) is 23.6 Å². The van der Waals surface area contributed by atoms with Gasteiger partial charge in [0.1, 0.15) is 11.3 Å². The number of imidazole rings is 2. The summed E-state index contributed by atoms with van der Waals surface area (Å²) in [6, 6.07) is 11.7. The van der Waals surface area contributed by atoms with E-state index in [-0.39, 0.29) is 11.3 Å². The fraction of sp³-hybridized carbons (Fsp3) is 0.200. The van der Waals surface area contributed by atoms with Crippen LogP contribution in [0, 0.1) is 6.92 Å². The van der Waals surface area contributed by atoms with Crippen LogP contribution in [0.2, 0.25) is 5.02 Å². The first-order valence-electron chi connectivity index (χ1n) is 10.9. The number of benzene rings is 1. The van der Waals surface area contributed by atoms with E-state index in [0.717, 1.165) is 0 Å². The summed E-state index contributed by atoms with van der Waals surface area (Å²) in [5.74, 6) is -1.63. The average molecular weight is 476 g/mol. The van der Waals surface area contributed by atoms with Gasteiger partial charge in [0.2, 0.25) is 0 Å². The maximum atomic E-state index is 13.3. The first-order valence-corrected chi connectivity index (χ1v) is 11.3. The number of aliphatic hydroxyl groups is 1. The molecule has 1 atom stereocenters. The number of rotatable bonds is 6. The lowest BCUT2D eigenvalue weighted by atomic mass is 9.96. The summed E-state index contributed by atoms with van der Waals surface area (Å²) >= 11 is 6.25. The highest BCUT2D eigenvalue weighted by molar-refractivity contribution is 6.46. The van der Waals surface area contributed by atoms with Crippen molar-refractivity contribution in [3.05, 3.63) is 94.9 Å². The van der Waals surface area contributed by atoms with Crippen LogP contribution in [-0.4, -0.2) is 47.2 Å². The lowest BCUT2D eigenvalue weighted by Gasteiger charge is -2.25. The second-order valence-electron chi connectivity index (χ2n) is 8.18. The molecule has 0 radical (unpaired) electrons. The number of pyridine rings is 1. The Kier molecular flexibility index (Phi) is 5.67. The Morgan fingerprint density at radius 2 is 1.97 bits per heavy atom. The second-order valence-corrected chi connectivity index (χ2v) is 8.61. The number of aryl methyl sites for hydroxylation is 2. The van der Waals surface area contributed by atoms with E-state index in [1.165, 1.54) is 4.90 Å². The van der Waals surface area contributed by atoms with Crippen LogP contribution in [0.5, 0.6) is 0 Å². The minimum absolute atomic E-state index is 0.0312. The van der Waals surface area contributed by atoms with Gasteiger partial charge in [-0.25, -0.2) is 9.97 Å². The zero-order valence-corrected chi connectivity index (χ0v) is 19.2. The van der Waals surface area contributed by atoms with E-state index < -0.39 is 17.7 Å². The number of nitrogens with zero attached hydrogens (tertiary/aromatic N) is 5. The Morgan fingerprint density at radius 1 is 1.12 bits per heavy atom. The fourth-order valence-electron chi connectivity index (χ4n) is 4.50. The van der Waals surface area contributed by atoms with E-state index >= 15 is 0 Å². The highest BCUT2D eigenvalue weighted by atomic mass is 35.5. The number of hydrogen-bond donors (Lipinski definition) is 1. The predicted octanol–water partition coefficient (Wildman–Crippen LogP) is 4.00. The van der Waals surface area contributed by atoms with Crippen LogP contribution in [0.1, 0.15) is 29.4 Å². The lowest BCUT2D eigenvalue weighted by molar-refractivity contribution is -0.139. The Morgan fingerprint density at radius 3 is 2.74 bits per heavy atom. The maximum absolute atomic E-state index is 13.3. The van der Waals surface area contributed by atoms with Gasteiger partial charge in [-0.05, 0) is 43.2 Å². The first-order chi connectivity index (χ1) is 16.5. The van der Waals surface area contributed by atoms with Crippen molar-refractivity contribution < 1.29 is 14.7 Å². The molecule has 5 rings (SSSR count). The molecule has 1 saturated heterocycles. The third-order valence-corrected chi connectivity index (χ3v) is 6.24. The van der Waals surface area contributed by atoms with Crippen LogP contribution in [0.15, 0.2) is 73.0 Å². The van der Waals surface area contributed by atoms with E-state index in [2.05, 4.69) is 9.97 Å². The third kappa shape index (κ3) is 3.76. The number of ketones is 1. The first kappa shape index (κ1) is 21.9. The molecule has 0 aliphatic carbocycles. The summed E-state index contributed by atoms with van der Waals surface area (Å²) in [6.45, 7) is 2.72. The molecule has 1 aliphatic heterocycles. The van der Waals surface area contributed by atoms with Gasteiger partial charge in [-0.15, -0.1) is 0 Å². The Balaban J connectivity index is 1.61.